The summed E-state index contributed by atoms with van der Waals surface area (Å²) in [7, 11) is 0. The highest BCUT2D eigenvalue weighted by Crippen LogP contribution is 2.22. The summed E-state index contributed by atoms with van der Waals surface area (Å²) >= 11 is 12.1. The van der Waals surface area contributed by atoms with Gasteiger partial charge in [0, 0.05) is 27.8 Å². The molecule has 0 aliphatic heterocycles. The van der Waals surface area contributed by atoms with Crippen molar-refractivity contribution in [3.8, 4) is 0 Å². The second kappa shape index (κ2) is 5.31. The second-order valence-electron chi connectivity index (χ2n) is 4.25. The first kappa shape index (κ1) is 13.4. The molecule has 0 bridgehead atoms. The predicted molar refractivity (Wildman–Crippen MR) is 75.2 cm³/mol. The maximum Gasteiger partial charge on any atom is 0.0677 e. The summed E-state index contributed by atoms with van der Waals surface area (Å²) < 4.78 is 1.91. The van der Waals surface area contributed by atoms with E-state index in [9.17, 15) is 0 Å². The lowest BCUT2D eigenvalue weighted by atomic mass is 10.2. The highest BCUT2D eigenvalue weighted by Gasteiger charge is 2.11. The lowest BCUT2D eigenvalue weighted by Gasteiger charge is -2.07. The van der Waals surface area contributed by atoms with Gasteiger partial charge in [-0.15, -0.1) is 0 Å². The van der Waals surface area contributed by atoms with Gasteiger partial charge in [0.1, 0.15) is 0 Å². The minimum Gasteiger partial charge on any atom is -0.326 e. The molecule has 3 nitrogen and oxygen atoms in total. The molecule has 0 saturated carbocycles. The number of nitrogens with two attached hydrogens (primary N) is 1. The third kappa shape index (κ3) is 2.53. The number of halogens is 2. The van der Waals surface area contributed by atoms with Gasteiger partial charge in [-0.3, -0.25) is 4.68 Å². The standard InChI is InChI=1S/C13H15Cl2N3/c1-8-12(6-16)9(2)18(17-8)7-10-5-11(14)3-4-13(10)15/h3-5H,6-7,16H2,1-2H3. The zero-order chi connectivity index (χ0) is 13.3. The number of aryl methyl sites for hydroxylation is 1. The first-order chi connectivity index (χ1) is 8.52. The molecule has 2 N–H and O–H groups in total. The molecule has 1 aromatic carbocycles. The smallest absolute Gasteiger partial charge is 0.0677 e. The molecular formula is C13H15Cl2N3. The quantitative estimate of drug-likeness (QED) is 0.939. The van der Waals surface area contributed by atoms with Crippen LogP contribution in [-0.4, -0.2) is 9.78 Å². The van der Waals surface area contributed by atoms with Crippen LogP contribution in [0.4, 0.5) is 0 Å². The zero-order valence-corrected chi connectivity index (χ0v) is 11.9. The fraction of sp³-hybridized carbons (Fsp3) is 0.308. The Labute approximate surface area is 117 Å². The van der Waals surface area contributed by atoms with Crippen LogP contribution in [0.1, 0.15) is 22.5 Å². The molecule has 0 amide bonds. The number of rotatable bonds is 3. The fourth-order valence-electron chi connectivity index (χ4n) is 2.01. The molecule has 0 spiro atoms. The van der Waals surface area contributed by atoms with Crippen molar-refractivity contribution in [1.29, 1.82) is 0 Å². The Balaban J connectivity index is 2.37. The van der Waals surface area contributed by atoms with Crippen molar-refractivity contribution in [2.45, 2.75) is 26.9 Å². The van der Waals surface area contributed by atoms with E-state index in [0.29, 0.717) is 23.1 Å². The molecule has 18 heavy (non-hydrogen) atoms. The van der Waals surface area contributed by atoms with Gasteiger partial charge >= 0.3 is 0 Å². The number of nitrogens with zero attached hydrogens (tertiary/aromatic N) is 2. The molecule has 2 rings (SSSR count). The normalized spacial score (nSPS) is 10.9. The fourth-order valence-corrected chi connectivity index (χ4v) is 2.38. The number of aromatic nitrogens is 2. The van der Waals surface area contributed by atoms with Crippen molar-refractivity contribution in [2.24, 2.45) is 5.73 Å². The highest BCUT2D eigenvalue weighted by molar-refractivity contribution is 6.33. The molecule has 1 aromatic heterocycles. The van der Waals surface area contributed by atoms with Crippen LogP contribution in [0.25, 0.3) is 0 Å². The van der Waals surface area contributed by atoms with Crippen molar-refractivity contribution in [3.63, 3.8) is 0 Å². The van der Waals surface area contributed by atoms with Crippen LogP contribution in [0.2, 0.25) is 10.0 Å². The van der Waals surface area contributed by atoms with Crippen molar-refractivity contribution >= 4 is 23.2 Å². The first-order valence-corrected chi connectivity index (χ1v) is 6.45. The average Bonchev–Trinajstić information content (AvgIpc) is 2.59. The van der Waals surface area contributed by atoms with Crippen LogP contribution in [0, 0.1) is 13.8 Å². The molecule has 0 saturated heterocycles. The molecule has 1 heterocycles. The Bertz CT molecular complexity index is 576. The molecule has 2 aromatic rings. The predicted octanol–water partition coefficient (Wildman–Crippen LogP) is 3.31. The van der Waals surface area contributed by atoms with Gasteiger partial charge in [-0.25, -0.2) is 0 Å². The van der Waals surface area contributed by atoms with Crippen LogP contribution >= 0.6 is 23.2 Å². The summed E-state index contributed by atoms with van der Waals surface area (Å²) in [5.41, 5.74) is 9.80. The number of hydrogen-bond acceptors (Lipinski definition) is 2. The van der Waals surface area contributed by atoms with Gasteiger partial charge in [-0.05, 0) is 37.6 Å². The van der Waals surface area contributed by atoms with Crippen molar-refractivity contribution < 1.29 is 0 Å². The average molecular weight is 284 g/mol. The van der Waals surface area contributed by atoms with Gasteiger partial charge in [0.15, 0.2) is 0 Å². The maximum atomic E-state index is 6.15. The van der Waals surface area contributed by atoms with Gasteiger partial charge in [0.2, 0.25) is 0 Å². The highest BCUT2D eigenvalue weighted by atomic mass is 35.5. The van der Waals surface area contributed by atoms with E-state index < -0.39 is 0 Å². The molecule has 0 radical (unpaired) electrons. The number of benzene rings is 1. The van der Waals surface area contributed by atoms with E-state index in [4.69, 9.17) is 28.9 Å². The van der Waals surface area contributed by atoms with E-state index in [0.717, 1.165) is 22.5 Å². The van der Waals surface area contributed by atoms with Gasteiger partial charge in [0.05, 0.1) is 12.2 Å². The van der Waals surface area contributed by atoms with Crippen LogP contribution < -0.4 is 5.73 Å². The van der Waals surface area contributed by atoms with E-state index in [-0.39, 0.29) is 0 Å². The van der Waals surface area contributed by atoms with E-state index in [1.54, 1.807) is 12.1 Å². The van der Waals surface area contributed by atoms with E-state index >= 15 is 0 Å². The van der Waals surface area contributed by atoms with Crippen LogP contribution in [0.15, 0.2) is 18.2 Å². The number of hydrogen-bond donors (Lipinski definition) is 1. The van der Waals surface area contributed by atoms with Gasteiger partial charge in [-0.1, -0.05) is 23.2 Å². The largest absolute Gasteiger partial charge is 0.326 e. The Morgan fingerprint density at radius 1 is 1.28 bits per heavy atom. The van der Waals surface area contributed by atoms with Crippen molar-refractivity contribution in [1.82, 2.24) is 9.78 Å². The molecule has 0 atom stereocenters. The third-order valence-corrected chi connectivity index (χ3v) is 3.67. The summed E-state index contributed by atoms with van der Waals surface area (Å²) in [5.74, 6) is 0. The molecule has 5 heteroatoms. The van der Waals surface area contributed by atoms with Gasteiger partial charge in [-0.2, -0.15) is 5.10 Å². The summed E-state index contributed by atoms with van der Waals surface area (Å²) in [6, 6.07) is 5.44. The summed E-state index contributed by atoms with van der Waals surface area (Å²) in [4.78, 5) is 0. The van der Waals surface area contributed by atoms with Crippen molar-refractivity contribution in [2.75, 3.05) is 0 Å². The molecular weight excluding hydrogens is 269 g/mol. The molecule has 0 aliphatic carbocycles. The third-order valence-electron chi connectivity index (χ3n) is 3.06. The summed E-state index contributed by atoms with van der Waals surface area (Å²) in [5, 5.41) is 5.85. The topological polar surface area (TPSA) is 43.8 Å². The van der Waals surface area contributed by atoms with E-state index in [1.807, 2.05) is 24.6 Å². The minimum atomic E-state index is 0.501. The molecule has 0 aliphatic rings. The van der Waals surface area contributed by atoms with Crippen molar-refractivity contribution in [3.05, 3.63) is 50.8 Å². The zero-order valence-electron chi connectivity index (χ0n) is 10.4. The molecule has 0 unspecified atom stereocenters. The van der Waals surface area contributed by atoms with Crippen LogP contribution in [0.5, 0.6) is 0 Å². The Kier molecular flexibility index (Phi) is 3.95. The Morgan fingerprint density at radius 2 is 2.00 bits per heavy atom. The summed E-state index contributed by atoms with van der Waals surface area (Å²) in [6.45, 7) is 5.08. The minimum absolute atomic E-state index is 0.501. The lowest BCUT2D eigenvalue weighted by molar-refractivity contribution is 0.658. The Hall–Kier alpha value is -1.03. The lowest BCUT2D eigenvalue weighted by Crippen LogP contribution is -2.06. The Morgan fingerprint density at radius 3 is 2.61 bits per heavy atom. The van der Waals surface area contributed by atoms with Crippen LogP contribution in [-0.2, 0) is 13.1 Å². The molecule has 96 valence electrons. The van der Waals surface area contributed by atoms with Gasteiger partial charge in [0.25, 0.3) is 0 Å². The van der Waals surface area contributed by atoms with Gasteiger partial charge < -0.3 is 5.73 Å². The van der Waals surface area contributed by atoms with E-state index in [2.05, 4.69) is 5.10 Å². The SMILES string of the molecule is Cc1nn(Cc2cc(Cl)ccc2Cl)c(C)c1CN. The maximum absolute atomic E-state index is 6.15. The molecule has 0 fully saturated rings. The monoisotopic (exact) mass is 283 g/mol. The van der Waals surface area contributed by atoms with E-state index in [1.165, 1.54) is 0 Å². The summed E-state index contributed by atoms with van der Waals surface area (Å²) in [6.07, 6.45) is 0. The second-order valence-corrected chi connectivity index (χ2v) is 5.09. The van der Waals surface area contributed by atoms with Crippen LogP contribution in [0.3, 0.4) is 0 Å². The first-order valence-electron chi connectivity index (χ1n) is 5.69.